The fourth-order valence-corrected chi connectivity index (χ4v) is 4.04. The lowest BCUT2D eigenvalue weighted by Crippen LogP contribution is -2.45. The van der Waals surface area contributed by atoms with E-state index in [1.165, 1.54) is 45.3 Å². The van der Waals surface area contributed by atoms with Crippen LogP contribution in [0.2, 0.25) is 0 Å². The van der Waals surface area contributed by atoms with Gasteiger partial charge in [0.25, 0.3) is 0 Å². The number of likely N-dealkylation sites (tertiary alicyclic amines) is 2. The van der Waals surface area contributed by atoms with Gasteiger partial charge < -0.3 is 15.1 Å². The van der Waals surface area contributed by atoms with E-state index in [9.17, 15) is 4.79 Å². The molecule has 0 aliphatic carbocycles. The van der Waals surface area contributed by atoms with E-state index in [1.807, 2.05) is 0 Å². The molecule has 0 aromatic carbocycles. The van der Waals surface area contributed by atoms with Crippen molar-refractivity contribution in [3.8, 4) is 0 Å². The Morgan fingerprint density at radius 1 is 1.10 bits per heavy atom. The average molecular weight is 279 g/mol. The van der Waals surface area contributed by atoms with Crippen LogP contribution >= 0.6 is 0 Å². The molecule has 0 bridgehead atoms. The minimum Gasteiger partial charge on any atom is -0.342 e. The lowest BCUT2D eigenvalue weighted by atomic mass is 9.92. The van der Waals surface area contributed by atoms with Crippen molar-refractivity contribution in [3.63, 3.8) is 0 Å². The first kappa shape index (κ1) is 14.3. The van der Waals surface area contributed by atoms with Crippen molar-refractivity contribution >= 4 is 5.91 Å². The van der Waals surface area contributed by atoms with Gasteiger partial charge in [-0.1, -0.05) is 6.92 Å². The third-order valence-electron chi connectivity index (χ3n) is 5.48. The van der Waals surface area contributed by atoms with Crippen LogP contribution in [0.15, 0.2) is 0 Å². The molecule has 114 valence electrons. The van der Waals surface area contributed by atoms with Crippen LogP contribution in [0.3, 0.4) is 0 Å². The smallest absolute Gasteiger partial charge is 0.227 e. The number of carbonyl (C=O) groups is 1. The second kappa shape index (κ2) is 6.44. The van der Waals surface area contributed by atoms with E-state index in [-0.39, 0.29) is 5.92 Å². The largest absolute Gasteiger partial charge is 0.342 e. The van der Waals surface area contributed by atoms with E-state index >= 15 is 0 Å². The summed E-state index contributed by atoms with van der Waals surface area (Å²) in [5.74, 6) is 1.95. The summed E-state index contributed by atoms with van der Waals surface area (Å²) >= 11 is 0. The predicted octanol–water partition coefficient (Wildman–Crippen LogP) is 1.18. The van der Waals surface area contributed by atoms with Gasteiger partial charge in [0.1, 0.15) is 0 Å². The van der Waals surface area contributed by atoms with Gasteiger partial charge in [-0.05, 0) is 57.2 Å². The molecule has 0 aromatic rings. The van der Waals surface area contributed by atoms with Crippen LogP contribution in [0.4, 0.5) is 0 Å². The van der Waals surface area contributed by atoms with Crippen LogP contribution in [0.1, 0.15) is 32.6 Å². The first-order chi connectivity index (χ1) is 9.74. The SMILES string of the molecule is C[C@@H]1CNC[C@H]1C(=O)N1CCC(CN2CCCC2)CC1. The van der Waals surface area contributed by atoms with Crippen molar-refractivity contribution < 1.29 is 4.79 Å². The highest BCUT2D eigenvalue weighted by Gasteiger charge is 2.34. The standard InChI is InChI=1S/C16H29N3O/c1-13-10-17-11-15(13)16(20)19-8-4-14(5-9-19)12-18-6-2-3-7-18/h13-15,17H,2-12H2,1H3/t13-,15-/m1/s1. The van der Waals surface area contributed by atoms with Crippen LogP contribution in [0.25, 0.3) is 0 Å². The highest BCUT2D eigenvalue weighted by Crippen LogP contribution is 2.24. The van der Waals surface area contributed by atoms with E-state index in [0.717, 1.165) is 32.1 Å². The van der Waals surface area contributed by atoms with Gasteiger partial charge in [-0.15, -0.1) is 0 Å². The summed E-state index contributed by atoms with van der Waals surface area (Å²) in [4.78, 5) is 17.3. The minimum atomic E-state index is 0.227. The number of carbonyl (C=O) groups excluding carboxylic acids is 1. The minimum absolute atomic E-state index is 0.227. The Kier molecular flexibility index (Phi) is 4.61. The summed E-state index contributed by atoms with van der Waals surface area (Å²) in [6, 6.07) is 0. The molecule has 0 aromatic heterocycles. The number of piperidine rings is 1. The Balaban J connectivity index is 1.44. The van der Waals surface area contributed by atoms with E-state index in [4.69, 9.17) is 0 Å². The van der Waals surface area contributed by atoms with E-state index < -0.39 is 0 Å². The van der Waals surface area contributed by atoms with Gasteiger partial charge in [0.2, 0.25) is 5.91 Å². The topological polar surface area (TPSA) is 35.6 Å². The Hall–Kier alpha value is -0.610. The molecule has 3 aliphatic heterocycles. The molecule has 4 heteroatoms. The van der Waals surface area contributed by atoms with Gasteiger partial charge in [-0.3, -0.25) is 4.79 Å². The van der Waals surface area contributed by atoms with Crippen LogP contribution < -0.4 is 5.32 Å². The highest BCUT2D eigenvalue weighted by molar-refractivity contribution is 5.79. The van der Waals surface area contributed by atoms with Crippen molar-refractivity contribution in [1.29, 1.82) is 0 Å². The van der Waals surface area contributed by atoms with Crippen molar-refractivity contribution in [3.05, 3.63) is 0 Å². The lowest BCUT2D eigenvalue weighted by molar-refractivity contribution is -0.137. The summed E-state index contributed by atoms with van der Waals surface area (Å²) < 4.78 is 0. The Bertz CT molecular complexity index is 333. The van der Waals surface area contributed by atoms with Crippen LogP contribution in [-0.2, 0) is 4.79 Å². The molecule has 3 fully saturated rings. The maximum Gasteiger partial charge on any atom is 0.227 e. The first-order valence-corrected chi connectivity index (χ1v) is 8.46. The van der Waals surface area contributed by atoms with E-state index in [0.29, 0.717) is 11.8 Å². The van der Waals surface area contributed by atoms with Crippen LogP contribution in [-0.4, -0.2) is 61.5 Å². The molecular formula is C16H29N3O. The van der Waals surface area contributed by atoms with Gasteiger partial charge >= 0.3 is 0 Å². The molecule has 0 spiro atoms. The van der Waals surface area contributed by atoms with Gasteiger partial charge in [-0.25, -0.2) is 0 Å². The lowest BCUT2D eigenvalue weighted by Gasteiger charge is -2.35. The maximum absolute atomic E-state index is 12.5. The molecule has 1 amide bonds. The third-order valence-corrected chi connectivity index (χ3v) is 5.48. The van der Waals surface area contributed by atoms with Crippen molar-refractivity contribution in [1.82, 2.24) is 15.1 Å². The molecule has 20 heavy (non-hydrogen) atoms. The first-order valence-electron chi connectivity index (χ1n) is 8.46. The number of nitrogens with zero attached hydrogens (tertiary/aromatic N) is 2. The van der Waals surface area contributed by atoms with Gasteiger partial charge in [0.05, 0.1) is 5.92 Å². The van der Waals surface area contributed by atoms with Gasteiger partial charge in [0, 0.05) is 26.2 Å². The van der Waals surface area contributed by atoms with Crippen LogP contribution in [0.5, 0.6) is 0 Å². The fraction of sp³-hybridized carbons (Fsp3) is 0.938. The van der Waals surface area contributed by atoms with E-state index in [2.05, 4.69) is 22.0 Å². The number of amides is 1. The molecule has 2 atom stereocenters. The van der Waals surface area contributed by atoms with Gasteiger partial charge in [0.15, 0.2) is 0 Å². The Labute approximate surface area is 122 Å². The molecule has 0 unspecified atom stereocenters. The second-order valence-corrected chi connectivity index (χ2v) is 7.02. The zero-order chi connectivity index (χ0) is 13.9. The normalized spacial score (nSPS) is 33.0. The quantitative estimate of drug-likeness (QED) is 0.842. The third kappa shape index (κ3) is 3.17. The number of rotatable bonds is 3. The highest BCUT2D eigenvalue weighted by atomic mass is 16.2. The predicted molar refractivity (Wildman–Crippen MR) is 80.5 cm³/mol. The number of hydrogen-bond donors (Lipinski definition) is 1. The summed E-state index contributed by atoms with van der Waals surface area (Å²) in [5.41, 5.74) is 0. The monoisotopic (exact) mass is 279 g/mol. The molecule has 4 nitrogen and oxygen atoms in total. The zero-order valence-corrected chi connectivity index (χ0v) is 12.8. The summed E-state index contributed by atoms with van der Waals surface area (Å²) in [6.07, 6.45) is 5.17. The molecule has 1 N–H and O–H groups in total. The van der Waals surface area contributed by atoms with Crippen LogP contribution in [0, 0.1) is 17.8 Å². The number of nitrogens with one attached hydrogen (secondary N) is 1. The second-order valence-electron chi connectivity index (χ2n) is 7.02. The van der Waals surface area contributed by atoms with Crippen molar-refractivity contribution in [2.24, 2.45) is 17.8 Å². The molecule has 3 aliphatic rings. The summed E-state index contributed by atoms with van der Waals surface area (Å²) in [6.45, 7) is 9.91. The molecule has 0 saturated carbocycles. The molecule has 3 heterocycles. The number of hydrogen-bond acceptors (Lipinski definition) is 3. The summed E-state index contributed by atoms with van der Waals surface area (Å²) in [5, 5.41) is 3.34. The zero-order valence-electron chi connectivity index (χ0n) is 12.8. The Morgan fingerprint density at radius 3 is 2.40 bits per heavy atom. The van der Waals surface area contributed by atoms with Crippen molar-refractivity contribution in [2.45, 2.75) is 32.6 Å². The van der Waals surface area contributed by atoms with Crippen molar-refractivity contribution in [2.75, 3.05) is 45.8 Å². The van der Waals surface area contributed by atoms with E-state index in [1.54, 1.807) is 0 Å². The summed E-state index contributed by atoms with van der Waals surface area (Å²) in [7, 11) is 0. The maximum atomic E-state index is 12.5. The molecule has 3 saturated heterocycles. The average Bonchev–Trinajstić information content (AvgIpc) is 3.10. The fourth-order valence-electron chi connectivity index (χ4n) is 4.04. The molecule has 3 rings (SSSR count). The molecular weight excluding hydrogens is 250 g/mol. The molecule has 0 radical (unpaired) electrons. The van der Waals surface area contributed by atoms with Gasteiger partial charge in [-0.2, -0.15) is 0 Å². The Morgan fingerprint density at radius 2 is 1.80 bits per heavy atom.